The van der Waals surface area contributed by atoms with Crippen molar-refractivity contribution < 1.29 is 29.2 Å². The van der Waals surface area contributed by atoms with Crippen LogP contribution in [-0.2, 0) is 32.3 Å². The first-order valence-corrected chi connectivity index (χ1v) is 15.6. The van der Waals surface area contributed by atoms with Gasteiger partial charge in [-0.15, -0.1) is 0 Å². The average molecular weight is 609 g/mol. The van der Waals surface area contributed by atoms with Crippen LogP contribution in [0.1, 0.15) is 51.0 Å². The first-order valence-electron chi connectivity index (χ1n) is 15.6. The largest absolute Gasteiger partial charge is 0.504 e. The molecule has 45 heavy (non-hydrogen) atoms. The van der Waals surface area contributed by atoms with Crippen LogP contribution >= 0.6 is 0 Å². The van der Waals surface area contributed by atoms with Gasteiger partial charge in [-0.3, -0.25) is 9.80 Å². The van der Waals surface area contributed by atoms with Crippen molar-refractivity contribution >= 4 is 0 Å². The molecule has 8 heteroatoms. The Morgan fingerprint density at radius 3 is 2.22 bits per heavy atom. The van der Waals surface area contributed by atoms with E-state index in [2.05, 4.69) is 54.2 Å². The second kappa shape index (κ2) is 11.9. The summed E-state index contributed by atoms with van der Waals surface area (Å²) in [5, 5.41) is 21.1. The first-order chi connectivity index (χ1) is 21.9. The standard InChI is InChI=1S/C37H40N2O6/c1-38-13-11-24-19-33(42-3)34-20-28(24)29(38)16-23-7-10-31(41)32(17-23)44-27-8-5-22(6-9-27)15-30-35-25(12-14-39(30)2)18-26(21-40)36(43-4)37(35)45-34/h5-10,17-20,29-30,40-41H,11-16,21H2,1-4H3/t29-,30+/m1/s1. The van der Waals surface area contributed by atoms with Gasteiger partial charge in [0.15, 0.2) is 34.5 Å². The highest BCUT2D eigenvalue weighted by atomic mass is 16.5. The fourth-order valence-corrected chi connectivity index (χ4v) is 7.20. The van der Waals surface area contributed by atoms with Crippen LogP contribution in [0.15, 0.2) is 60.7 Å². The summed E-state index contributed by atoms with van der Waals surface area (Å²) < 4.78 is 25.1. The van der Waals surface area contributed by atoms with E-state index in [0.29, 0.717) is 40.1 Å². The van der Waals surface area contributed by atoms with Crippen LogP contribution in [0.5, 0.6) is 40.2 Å². The minimum atomic E-state index is -0.155. The van der Waals surface area contributed by atoms with Gasteiger partial charge in [-0.2, -0.15) is 0 Å². The molecular weight excluding hydrogens is 568 g/mol. The number of methoxy groups -OCH3 is 2. The highest BCUT2D eigenvalue weighted by molar-refractivity contribution is 5.61. The van der Waals surface area contributed by atoms with Gasteiger partial charge in [0.2, 0.25) is 0 Å². The van der Waals surface area contributed by atoms with Crippen LogP contribution in [0.25, 0.3) is 0 Å². The predicted molar refractivity (Wildman–Crippen MR) is 172 cm³/mol. The van der Waals surface area contributed by atoms with E-state index in [-0.39, 0.29) is 24.4 Å². The minimum Gasteiger partial charge on any atom is -0.504 e. The summed E-state index contributed by atoms with van der Waals surface area (Å²) in [4.78, 5) is 4.72. The number of phenolic OH excluding ortho intramolecular Hbond substituents is 1. The third kappa shape index (κ3) is 5.37. The van der Waals surface area contributed by atoms with Gasteiger partial charge in [-0.25, -0.2) is 0 Å². The van der Waals surface area contributed by atoms with Gasteiger partial charge < -0.3 is 29.2 Å². The highest BCUT2D eigenvalue weighted by Crippen LogP contribution is 2.50. The summed E-state index contributed by atoms with van der Waals surface area (Å²) in [6.07, 6.45) is 3.18. The van der Waals surface area contributed by atoms with E-state index in [0.717, 1.165) is 61.0 Å². The van der Waals surface area contributed by atoms with Crippen LogP contribution in [0, 0.1) is 0 Å². The highest BCUT2D eigenvalue weighted by Gasteiger charge is 2.34. The van der Waals surface area contributed by atoms with Crippen molar-refractivity contribution in [2.75, 3.05) is 41.4 Å². The maximum atomic E-state index is 10.7. The molecule has 0 saturated carbocycles. The summed E-state index contributed by atoms with van der Waals surface area (Å²) in [6, 6.07) is 20.0. The monoisotopic (exact) mass is 608 g/mol. The lowest BCUT2D eigenvalue weighted by molar-refractivity contribution is 0.219. The van der Waals surface area contributed by atoms with E-state index in [4.69, 9.17) is 18.9 Å². The Balaban J connectivity index is 1.46. The zero-order valence-corrected chi connectivity index (χ0v) is 26.3. The van der Waals surface area contributed by atoms with Gasteiger partial charge in [0.1, 0.15) is 5.75 Å². The van der Waals surface area contributed by atoms with Gasteiger partial charge >= 0.3 is 0 Å². The molecule has 4 aliphatic rings. The number of hydrogen-bond donors (Lipinski definition) is 2. The number of likely N-dealkylation sites (N-methyl/N-ethyl adjacent to an activating group) is 2. The SMILES string of the molecule is COc1cc2c3cc1Oc1c(OC)c(CO)cc4c1[C@H](Cc1ccc(cc1)Oc1cc(ccc1O)C[C@H]3N(C)CC2)N(C)CC4. The van der Waals surface area contributed by atoms with E-state index < -0.39 is 0 Å². The van der Waals surface area contributed by atoms with Gasteiger partial charge in [0.05, 0.1) is 20.8 Å². The van der Waals surface area contributed by atoms with Crippen LogP contribution in [0.3, 0.4) is 0 Å². The number of hydrogen-bond acceptors (Lipinski definition) is 8. The fraction of sp³-hybridized carbons (Fsp3) is 0.351. The maximum Gasteiger partial charge on any atom is 0.174 e. The molecule has 0 saturated heterocycles. The molecule has 0 radical (unpaired) electrons. The molecule has 4 aliphatic heterocycles. The number of rotatable bonds is 3. The number of fused-ring (bicyclic) bond motifs is 2. The molecule has 4 aromatic rings. The average Bonchev–Trinajstić information content (AvgIpc) is 3.05. The van der Waals surface area contributed by atoms with Gasteiger partial charge in [0, 0.05) is 36.3 Å². The van der Waals surface area contributed by atoms with E-state index >= 15 is 0 Å². The van der Waals surface area contributed by atoms with Crippen LogP contribution in [-0.4, -0.2) is 61.4 Å². The minimum absolute atomic E-state index is 0.000672. The zero-order chi connectivity index (χ0) is 31.2. The lowest BCUT2D eigenvalue weighted by Gasteiger charge is -2.37. The number of phenols is 1. The quantitative estimate of drug-likeness (QED) is 0.279. The van der Waals surface area contributed by atoms with Gasteiger partial charge in [-0.1, -0.05) is 18.2 Å². The number of benzene rings is 4. The zero-order valence-electron chi connectivity index (χ0n) is 26.3. The van der Waals surface area contributed by atoms with E-state index in [1.165, 1.54) is 11.1 Å². The molecule has 0 unspecified atom stereocenters. The molecule has 0 amide bonds. The van der Waals surface area contributed by atoms with Crippen molar-refractivity contribution in [2.45, 2.75) is 44.4 Å². The van der Waals surface area contributed by atoms with Gasteiger partial charge in [0.25, 0.3) is 0 Å². The molecule has 8 nitrogen and oxygen atoms in total. The Hall–Kier alpha value is -4.24. The number of aromatic hydroxyl groups is 1. The molecule has 0 spiro atoms. The Kier molecular flexibility index (Phi) is 7.81. The molecule has 0 fully saturated rings. The number of aliphatic hydroxyl groups excluding tert-OH is 1. The van der Waals surface area contributed by atoms with Crippen LogP contribution in [0.2, 0.25) is 0 Å². The Morgan fingerprint density at radius 2 is 1.49 bits per heavy atom. The number of ether oxygens (including phenoxy) is 4. The second-order valence-corrected chi connectivity index (χ2v) is 12.4. The Bertz CT molecular complexity index is 1740. The molecule has 4 heterocycles. The molecule has 2 N–H and O–H groups in total. The smallest absolute Gasteiger partial charge is 0.174 e. The summed E-state index contributed by atoms with van der Waals surface area (Å²) >= 11 is 0. The molecule has 6 bridgehead atoms. The summed E-state index contributed by atoms with van der Waals surface area (Å²) in [5.74, 6) is 3.65. The summed E-state index contributed by atoms with van der Waals surface area (Å²) in [6.45, 7) is 1.63. The maximum absolute atomic E-state index is 10.7. The molecule has 0 aliphatic carbocycles. The molecule has 8 rings (SSSR count). The number of aliphatic hydroxyl groups is 1. The molecule has 2 atom stereocenters. The topological polar surface area (TPSA) is 83.9 Å². The van der Waals surface area contributed by atoms with Crippen molar-refractivity contribution in [1.29, 1.82) is 0 Å². The molecule has 4 aromatic carbocycles. The molecular formula is C37H40N2O6. The second-order valence-electron chi connectivity index (χ2n) is 12.4. The lowest BCUT2D eigenvalue weighted by Crippen LogP contribution is -2.34. The summed E-state index contributed by atoms with van der Waals surface area (Å²) in [5.41, 5.74) is 7.51. The van der Waals surface area contributed by atoms with Crippen molar-refractivity contribution in [2.24, 2.45) is 0 Å². The van der Waals surface area contributed by atoms with Crippen LogP contribution in [0.4, 0.5) is 0 Å². The van der Waals surface area contributed by atoms with Crippen molar-refractivity contribution in [3.05, 3.63) is 99.6 Å². The molecule has 0 aromatic heterocycles. The van der Waals surface area contributed by atoms with E-state index in [1.54, 1.807) is 20.3 Å². The normalized spacial score (nSPS) is 19.5. The first kappa shape index (κ1) is 29.5. The van der Waals surface area contributed by atoms with E-state index in [9.17, 15) is 10.2 Å². The molecule has 234 valence electrons. The summed E-state index contributed by atoms with van der Waals surface area (Å²) in [7, 11) is 7.60. The van der Waals surface area contributed by atoms with Crippen molar-refractivity contribution in [3.63, 3.8) is 0 Å². The van der Waals surface area contributed by atoms with E-state index in [1.807, 2.05) is 24.3 Å². The Morgan fingerprint density at radius 1 is 0.778 bits per heavy atom. The lowest BCUT2D eigenvalue weighted by atomic mass is 9.86. The van der Waals surface area contributed by atoms with Crippen LogP contribution < -0.4 is 18.9 Å². The Labute approximate surface area is 264 Å². The van der Waals surface area contributed by atoms with Crippen molar-refractivity contribution in [1.82, 2.24) is 9.80 Å². The number of nitrogens with zero attached hydrogens (tertiary/aromatic N) is 2. The predicted octanol–water partition coefficient (Wildman–Crippen LogP) is 6.34. The van der Waals surface area contributed by atoms with Crippen molar-refractivity contribution in [3.8, 4) is 40.2 Å². The fourth-order valence-electron chi connectivity index (χ4n) is 7.20. The third-order valence-electron chi connectivity index (χ3n) is 9.71. The third-order valence-corrected chi connectivity index (χ3v) is 9.71. The van der Waals surface area contributed by atoms with Gasteiger partial charge in [-0.05, 0) is 110 Å².